The maximum Gasteiger partial charge on any atom is 0.106 e. The van der Waals surface area contributed by atoms with Gasteiger partial charge in [0.25, 0.3) is 0 Å². The lowest BCUT2D eigenvalue weighted by atomic mass is 10.1. The lowest BCUT2D eigenvalue weighted by molar-refractivity contribution is 0.645. The molecule has 0 unspecified atom stereocenters. The van der Waals surface area contributed by atoms with Gasteiger partial charge in [0.2, 0.25) is 0 Å². The molecule has 0 aliphatic rings. The highest BCUT2D eigenvalue weighted by Gasteiger charge is 2.12. The van der Waals surface area contributed by atoms with E-state index < -0.39 is 0 Å². The summed E-state index contributed by atoms with van der Waals surface area (Å²) in [5, 5.41) is 4.59. The molecule has 0 radical (unpaired) electrons. The monoisotopic (exact) mass is 346 g/mol. The van der Waals surface area contributed by atoms with Gasteiger partial charge in [-0.05, 0) is 29.5 Å². The van der Waals surface area contributed by atoms with E-state index in [0.717, 1.165) is 17.8 Å². The Balaban J connectivity index is 2.46. The number of nitrogens with zero attached hydrogens (tertiary/aromatic N) is 2. The number of halogens is 2. The Morgan fingerprint density at radius 3 is 2.62 bits per heavy atom. The van der Waals surface area contributed by atoms with Crippen molar-refractivity contribution < 1.29 is 0 Å². The standard InChI is InChI=1S/C12H12ClIN2/c1-9-11(14)12(15-16(9)8-7-13)10-5-3-2-4-6-10/h2-6H,7-8H2,1H3. The fourth-order valence-electron chi connectivity index (χ4n) is 1.60. The predicted octanol–water partition coefficient (Wildman–Crippen LogP) is 3.70. The average Bonchev–Trinajstić information content (AvgIpc) is 2.59. The van der Waals surface area contributed by atoms with Crippen molar-refractivity contribution >= 4 is 34.2 Å². The van der Waals surface area contributed by atoms with Crippen LogP contribution in [-0.4, -0.2) is 15.7 Å². The summed E-state index contributed by atoms with van der Waals surface area (Å²) >= 11 is 8.09. The van der Waals surface area contributed by atoms with Crippen LogP contribution in [-0.2, 0) is 6.54 Å². The summed E-state index contributed by atoms with van der Waals surface area (Å²) in [6.45, 7) is 2.84. The van der Waals surface area contributed by atoms with E-state index in [0.29, 0.717) is 5.88 Å². The summed E-state index contributed by atoms with van der Waals surface area (Å²) in [6.07, 6.45) is 0. The minimum absolute atomic E-state index is 0.590. The van der Waals surface area contributed by atoms with Crippen molar-refractivity contribution in [2.45, 2.75) is 13.5 Å². The zero-order chi connectivity index (χ0) is 11.5. The van der Waals surface area contributed by atoms with Gasteiger partial charge in [-0.3, -0.25) is 4.68 Å². The predicted molar refractivity (Wildman–Crippen MR) is 75.8 cm³/mol. The summed E-state index contributed by atoms with van der Waals surface area (Å²) in [5.74, 6) is 0.590. The van der Waals surface area contributed by atoms with Crippen LogP contribution in [0.5, 0.6) is 0 Å². The van der Waals surface area contributed by atoms with E-state index in [-0.39, 0.29) is 0 Å². The van der Waals surface area contributed by atoms with E-state index in [1.807, 2.05) is 22.9 Å². The first kappa shape index (κ1) is 11.9. The molecule has 16 heavy (non-hydrogen) atoms. The number of hydrogen-bond donors (Lipinski definition) is 0. The smallest absolute Gasteiger partial charge is 0.106 e. The molecule has 0 saturated heterocycles. The highest BCUT2D eigenvalue weighted by molar-refractivity contribution is 14.1. The van der Waals surface area contributed by atoms with Crippen molar-refractivity contribution in [1.82, 2.24) is 9.78 Å². The molecule has 1 aromatic carbocycles. The van der Waals surface area contributed by atoms with Crippen molar-refractivity contribution in [3.8, 4) is 11.3 Å². The molecule has 2 nitrogen and oxygen atoms in total. The fraction of sp³-hybridized carbons (Fsp3) is 0.250. The highest BCUT2D eigenvalue weighted by Crippen LogP contribution is 2.26. The van der Waals surface area contributed by atoms with Crippen LogP contribution in [0.4, 0.5) is 0 Å². The SMILES string of the molecule is Cc1c(I)c(-c2ccccc2)nn1CCCl. The number of aromatic nitrogens is 2. The summed E-state index contributed by atoms with van der Waals surface area (Å²) in [7, 11) is 0. The second-order valence-electron chi connectivity index (χ2n) is 3.53. The first-order chi connectivity index (χ1) is 7.74. The molecule has 0 bridgehead atoms. The zero-order valence-corrected chi connectivity index (χ0v) is 11.9. The third kappa shape index (κ3) is 2.25. The molecule has 1 aromatic heterocycles. The van der Waals surface area contributed by atoms with E-state index in [1.54, 1.807) is 0 Å². The van der Waals surface area contributed by atoms with Crippen molar-refractivity contribution in [2.75, 3.05) is 5.88 Å². The molecule has 2 aromatic rings. The first-order valence-electron chi connectivity index (χ1n) is 5.08. The molecule has 0 aliphatic carbocycles. The molecule has 0 N–H and O–H groups in total. The number of rotatable bonds is 3. The quantitative estimate of drug-likeness (QED) is 0.612. The van der Waals surface area contributed by atoms with E-state index in [1.165, 1.54) is 9.26 Å². The minimum atomic E-state index is 0.590. The van der Waals surface area contributed by atoms with Gasteiger partial charge in [-0.2, -0.15) is 5.10 Å². The zero-order valence-electron chi connectivity index (χ0n) is 8.95. The van der Waals surface area contributed by atoms with Gasteiger partial charge >= 0.3 is 0 Å². The largest absolute Gasteiger partial charge is 0.267 e. The molecule has 0 spiro atoms. The number of benzene rings is 1. The molecule has 2 rings (SSSR count). The van der Waals surface area contributed by atoms with Crippen molar-refractivity contribution in [1.29, 1.82) is 0 Å². The van der Waals surface area contributed by atoms with Crippen LogP contribution in [0.1, 0.15) is 5.69 Å². The molecule has 0 saturated carbocycles. The van der Waals surface area contributed by atoms with Crippen LogP contribution in [0.25, 0.3) is 11.3 Å². The molecule has 0 atom stereocenters. The van der Waals surface area contributed by atoms with Crippen LogP contribution >= 0.6 is 34.2 Å². The van der Waals surface area contributed by atoms with Gasteiger partial charge in [0.05, 0.1) is 10.1 Å². The topological polar surface area (TPSA) is 17.8 Å². The summed E-state index contributed by atoms with van der Waals surface area (Å²) < 4.78 is 3.17. The molecule has 0 fully saturated rings. The summed E-state index contributed by atoms with van der Waals surface area (Å²) in [6, 6.07) is 10.2. The number of aryl methyl sites for hydroxylation is 1. The summed E-state index contributed by atoms with van der Waals surface area (Å²) in [4.78, 5) is 0. The van der Waals surface area contributed by atoms with Crippen LogP contribution < -0.4 is 0 Å². The molecule has 4 heteroatoms. The van der Waals surface area contributed by atoms with Gasteiger partial charge in [0.15, 0.2) is 0 Å². The maximum atomic E-state index is 5.75. The maximum absolute atomic E-state index is 5.75. The van der Waals surface area contributed by atoms with Crippen LogP contribution in [0.2, 0.25) is 0 Å². The Bertz CT molecular complexity index is 479. The van der Waals surface area contributed by atoms with Gasteiger partial charge in [0.1, 0.15) is 5.69 Å². The lowest BCUT2D eigenvalue weighted by Crippen LogP contribution is -2.03. The fourth-order valence-corrected chi connectivity index (χ4v) is 2.46. The molecule has 84 valence electrons. The van der Waals surface area contributed by atoms with Gasteiger partial charge < -0.3 is 0 Å². The molecule has 1 heterocycles. The highest BCUT2D eigenvalue weighted by atomic mass is 127. The Hall–Kier alpha value is -0.550. The summed E-state index contributed by atoms with van der Waals surface area (Å²) in [5.41, 5.74) is 3.38. The Morgan fingerprint density at radius 2 is 2.00 bits per heavy atom. The second kappa shape index (κ2) is 5.19. The van der Waals surface area contributed by atoms with Crippen LogP contribution in [0, 0.1) is 10.5 Å². The normalized spacial score (nSPS) is 10.7. The Morgan fingerprint density at radius 1 is 1.31 bits per heavy atom. The third-order valence-electron chi connectivity index (χ3n) is 2.48. The lowest BCUT2D eigenvalue weighted by Gasteiger charge is -1.99. The van der Waals surface area contributed by atoms with E-state index in [9.17, 15) is 0 Å². The van der Waals surface area contributed by atoms with Crippen LogP contribution in [0.3, 0.4) is 0 Å². The van der Waals surface area contributed by atoms with Crippen molar-refractivity contribution in [3.05, 3.63) is 39.6 Å². The van der Waals surface area contributed by atoms with Gasteiger partial charge in [-0.15, -0.1) is 11.6 Å². The second-order valence-corrected chi connectivity index (χ2v) is 4.98. The average molecular weight is 347 g/mol. The first-order valence-corrected chi connectivity index (χ1v) is 6.69. The van der Waals surface area contributed by atoms with Crippen LogP contribution in [0.15, 0.2) is 30.3 Å². The van der Waals surface area contributed by atoms with E-state index in [2.05, 4.69) is 46.7 Å². The Labute approximate surface area is 114 Å². The number of alkyl halides is 1. The number of hydrogen-bond acceptors (Lipinski definition) is 1. The van der Waals surface area contributed by atoms with Gasteiger partial charge in [-0.1, -0.05) is 30.3 Å². The van der Waals surface area contributed by atoms with Gasteiger partial charge in [0, 0.05) is 17.1 Å². The molecular weight excluding hydrogens is 335 g/mol. The van der Waals surface area contributed by atoms with E-state index in [4.69, 9.17) is 11.6 Å². The van der Waals surface area contributed by atoms with Gasteiger partial charge in [-0.25, -0.2) is 0 Å². The van der Waals surface area contributed by atoms with E-state index >= 15 is 0 Å². The molecule has 0 aliphatic heterocycles. The molecule has 0 amide bonds. The Kier molecular flexibility index (Phi) is 3.86. The third-order valence-corrected chi connectivity index (χ3v) is 3.94. The minimum Gasteiger partial charge on any atom is -0.267 e. The van der Waals surface area contributed by atoms with Crippen molar-refractivity contribution in [2.24, 2.45) is 0 Å². The van der Waals surface area contributed by atoms with Crippen molar-refractivity contribution in [3.63, 3.8) is 0 Å². The molecular formula is C12H12ClIN2.